The number of thioether (sulfide) groups is 1. The van der Waals surface area contributed by atoms with Gasteiger partial charge in [-0.15, -0.1) is 23.1 Å². The Balaban J connectivity index is 1.98. The molecule has 2 nitrogen and oxygen atoms in total. The maximum Gasteiger partial charge on any atom is 0.346 e. The van der Waals surface area contributed by atoms with E-state index in [0.29, 0.717) is 10.6 Å². The van der Waals surface area contributed by atoms with Gasteiger partial charge in [0.05, 0.1) is 0 Å². The fourth-order valence-corrected chi connectivity index (χ4v) is 4.51. The number of fused-ring (bicyclic) bond motifs is 1. The summed E-state index contributed by atoms with van der Waals surface area (Å²) in [6.45, 7) is 2.08. The summed E-state index contributed by atoms with van der Waals surface area (Å²) in [6, 6.07) is 16.1. The molecule has 0 spiro atoms. The van der Waals surface area contributed by atoms with Crippen LogP contribution in [0.25, 0.3) is 10.1 Å². The minimum atomic E-state index is -0.836. The normalized spacial score (nSPS) is 10.9. The maximum absolute atomic E-state index is 11.5. The maximum atomic E-state index is 11.5. The van der Waals surface area contributed by atoms with Gasteiger partial charge >= 0.3 is 5.97 Å². The summed E-state index contributed by atoms with van der Waals surface area (Å²) in [5.74, 6) is -0.159. The van der Waals surface area contributed by atoms with Crippen molar-refractivity contribution in [1.82, 2.24) is 0 Å². The van der Waals surface area contributed by atoms with Crippen molar-refractivity contribution < 1.29 is 9.90 Å². The predicted molar refractivity (Wildman–Crippen MR) is 89.5 cm³/mol. The van der Waals surface area contributed by atoms with Crippen molar-refractivity contribution in [2.24, 2.45) is 0 Å². The number of rotatable bonds is 4. The monoisotopic (exact) mass is 314 g/mol. The third-order valence-corrected chi connectivity index (χ3v) is 5.76. The van der Waals surface area contributed by atoms with Gasteiger partial charge in [-0.25, -0.2) is 4.79 Å². The third-order valence-electron chi connectivity index (χ3n) is 3.36. The topological polar surface area (TPSA) is 37.3 Å². The van der Waals surface area contributed by atoms with Gasteiger partial charge in [0.1, 0.15) is 4.88 Å². The van der Waals surface area contributed by atoms with E-state index >= 15 is 0 Å². The van der Waals surface area contributed by atoms with Crippen molar-refractivity contribution in [3.63, 3.8) is 0 Å². The van der Waals surface area contributed by atoms with Crippen molar-refractivity contribution in [2.45, 2.75) is 17.6 Å². The molecule has 0 bridgehead atoms. The second kappa shape index (κ2) is 5.92. The molecule has 0 fully saturated rings. The minimum absolute atomic E-state index is 0.456. The standard InChI is InChI=1S/C17H14O2S2/c1-11-6-2-4-8-14(11)20-10-13-12-7-3-5-9-15(12)21-16(13)17(18)19/h2-9H,10H2,1H3,(H,18,19). The highest BCUT2D eigenvalue weighted by Crippen LogP contribution is 2.36. The Morgan fingerprint density at radius 1 is 1.14 bits per heavy atom. The Hall–Kier alpha value is -1.78. The van der Waals surface area contributed by atoms with Crippen molar-refractivity contribution >= 4 is 39.2 Å². The zero-order chi connectivity index (χ0) is 14.8. The molecule has 21 heavy (non-hydrogen) atoms. The molecule has 4 heteroatoms. The van der Waals surface area contributed by atoms with E-state index in [-0.39, 0.29) is 0 Å². The van der Waals surface area contributed by atoms with Crippen LogP contribution >= 0.6 is 23.1 Å². The van der Waals surface area contributed by atoms with Crippen LogP contribution in [0.2, 0.25) is 0 Å². The number of hydrogen-bond acceptors (Lipinski definition) is 3. The predicted octanol–water partition coefficient (Wildman–Crippen LogP) is 5.20. The Kier molecular flexibility index (Phi) is 3.99. The van der Waals surface area contributed by atoms with Crippen molar-refractivity contribution in [2.75, 3.05) is 0 Å². The fourth-order valence-electron chi connectivity index (χ4n) is 2.28. The number of carbonyl (C=O) groups is 1. The average Bonchev–Trinajstić information content (AvgIpc) is 2.85. The minimum Gasteiger partial charge on any atom is -0.477 e. The zero-order valence-electron chi connectivity index (χ0n) is 11.5. The molecule has 106 valence electrons. The smallest absolute Gasteiger partial charge is 0.346 e. The summed E-state index contributed by atoms with van der Waals surface area (Å²) in [4.78, 5) is 13.1. The summed E-state index contributed by atoms with van der Waals surface area (Å²) in [5, 5.41) is 10.5. The first kappa shape index (κ1) is 14.2. The van der Waals surface area contributed by atoms with Crippen molar-refractivity contribution in [3.05, 3.63) is 64.5 Å². The lowest BCUT2D eigenvalue weighted by molar-refractivity contribution is 0.0701. The molecule has 0 unspecified atom stereocenters. The van der Waals surface area contributed by atoms with Crippen LogP contribution in [0.4, 0.5) is 0 Å². The van der Waals surface area contributed by atoms with E-state index in [1.54, 1.807) is 11.8 Å². The second-order valence-electron chi connectivity index (χ2n) is 4.77. The first-order chi connectivity index (χ1) is 10.2. The highest BCUT2D eigenvalue weighted by atomic mass is 32.2. The van der Waals surface area contributed by atoms with Gasteiger partial charge < -0.3 is 5.11 Å². The van der Waals surface area contributed by atoms with Crippen LogP contribution in [0, 0.1) is 6.92 Å². The van der Waals surface area contributed by atoms with Crippen LogP contribution in [-0.2, 0) is 5.75 Å². The lowest BCUT2D eigenvalue weighted by atomic mass is 10.1. The lowest BCUT2D eigenvalue weighted by Crippen LogP contribution is -1.96. The number of carboxylic acid groups (broad SMARTS) is 1. The molecule has 1 heterocycles. The van der Waals surface area contributed by atoms with Gasteiger partial charge in [0.15, 0.2) is 0 Å². The molecule has 0 radical (unpaired) electrons. The first-order valence-corrected chi connectivity index (χ1v) is 8.39. The summed E-state index contributed by atoms with van der Waals surface area (Å²) in [7, 11) is 0. The van der Waals surface area contributed by atoms with Gasteiger partial charge in [0.25, 0.3) is 0 Å². The highest BCUT2D eigenvalue weighted by Gasteiger charge is 2.17. The largest absolute Gasteiger partial charge is 0.477 e. The number of benzene rings is 2. The molecule has 3 aromatic rings. The zero-order valence-corrected chi connectivity index (χ0v) is 13.1. The molecule has 0 aliphatic heterocycles. The van der Waals surface area contributed by atoms with E-state index in [1.165, 1.54) is 21.8 Å². The molecule has 1 N–H and O–H groups in total. The van der Waals surface area contributed by atoms with Gasteiger partial charge in [0, 0.05) is 15.3 Å². The summed E-state index contributed by atoms with van der Waals surface area (Å²) >= 11 is 3.05. The molecule has 0 saturated heterocycles. The Labute approximate surface area is 131 Å². The molecular formula is C17H14O2S2. The number of carboxylic acids is 1. The summed E-state index contributed by atoms with van der Waals surface area (Å²) < 4.78 is 1.04. The van der Waals surface area contributed by atoms with Crippen molar-refractivity contribution in [3.8, 4) is 0 Å². The van der Waals surface area contributed by atoms with Crippen LogP contribution in [0.15, 0.2) is 53.4 Å². The van der Waals surface area contributed by atoms with Gasteiger partial charge in [0.2, 0.25) is 0 Å². The number of aromatic carboxylic acids is 1. The van der Waals surface area contributed by atoms with Gasteiger partial charge in [-0.05, 0) is 35.6 Å². The summed E-state index contributed by atoms with van der Waals surface area (Å²) in [5.41, 5.74) is 2.15. The van der Waals surface area contributed by atoms with Gasteiger partial charge in [-0.1, -0.05) is 36.4 Å². The lowest BCUT2D eigenvalue weighted by Gasteiger charge is -2.05. The number of aryl methyl sites for hydroxylation is 1. The number of thiophene rings is 1. The van der Waals surface area contributed by atoms with Crippen LogP contribution in [-0.4, -0.2) is 11.1 Å². The Morgan fingerprint density at radius 3 is 2.62 bits per heavy atom. The van der Waals surface area contributed by atoms with Crippen LogP contribution in [0.3, 0.4) is 0 Å². The average molecular weight is 314 g/mol. The van der Waals surface area contributed by atoms with Crippen LogP contribution in [0.1, 0.15) is 20.8 Å². The van der Waals surface area contributed by atoms with Crippen LogP contribution < -0.4 is 0 Å². The Morgan fingerprint density at radius 2 is 1.86 bits per heavy atom. The molecular weight excluding hydrogens is 300 g/mol. The molecule has 0 aliphatic rings. The van der Waals surface area contributed by atoms with E-state index in [1.807, 2.05) is 36.4 Å². The quantitative estimate of drug-likeness (QED) is 0.672. The molecule has 0 aliphatic carbocycles. The molecule has 0 atom stereocenters. The van der Waals surface area contributed by atoms with E-state index in [0.717, 1.165) is 15.6 Å². The van der Waals surface area contributed by atoms with E-state index in [2.05, 4.69) is 19.1 Å². The number of hydrogen-bond donors (Lipinski definition) is 1. The molecule has 2 aromatic carbocycles. The highest BCUT2D eigenvalue weighted by molar-refractivity contribution is 7.98. The third kappa shape index (κ3) is 2.82. The second-order valence-corrected chi connectivity index (χ2v) is 6.83. The fraction of sp³-hybridized carbons (Fsp3) is 0.118. The molecule has 0 saturated carbocycles. The van der Waals surface area contributed by atoms with Gasteiger partial charge in [-0.2, -0.15) is 0 Å². The SMILES string of the molecule is Cc1ccccc1SCc1c(C(=O)O)sc2ccccc12. The first-order valence-electron chi connectivity index (χ1n) is 6.59. The van der Waals surface area contributed by atoms with Crippen molar-refractivity contribution in [1.29, 1.82) is 0 Å². The summed E-state index contributed by atoms with van der Waals surface area (Å²) in [6.07, 6.45) is 0. The molecule has 0 amide bonds. The van der Waals surface area contributed by atoms with E-state index in [4.69, 9.17) is 0 Å². The van der Waals surface area contributed by atoms with Crippen LogP contribution in [0.5, 0.6) is 0 Å². The molecule has 3 rings (SSSR count). The Bertz CT molecular complexity index is 805. The molecule has 1 aromatic heterocycles. The van der Waals surface area contributed by atoms with E-state index < -0.39 is 5.97 Å². The van der Waals surface area contributed by atoms with Gasteiger partial charge in [-0.3, -0.25) is 0 Å². The van der Waals surface area contributed by atoms with E-state index in [9.17, 15) is 9.90 Å².